The van der Waals surface area contributed by atoms with Gasteiger partial charge in [0.2, 0.25) is 0 Å². The summed E-state index contributed by atoms with van der Waals surface area (Å²) >= 11 is 0. The van der Waals surface area contributed by atoms with Gasteiger partial charge in [0, 0.05) is 32.7 Å². The molecule has 0 atom stereocenters. The summed E-state index contributed by atoms with van der Waals surface area (Å²) in [5, 5.41) is 4.03. The van der Waals surface area contributed by atoms with Crippen molar-refractivity contribution in [2.75, 3.05) is 26.2 Å². The average Bonchev–Trinajstić information content (AvgIpc) is 3.12. The van der Waals surface area contributed by atoms with Gasteiger partial charge in [-0.3, -0.25) is 9.69 Å². The highest BCUT2D eigenvalue weighted by Gasteiger charge is 2.28. The number of aromatic nitrogens is 1. The second kappa shape index (κ2) is 9.53. The van der Waals surface area contributed by atoms with Crippen LogP contribution in [0, 0.1) is 26.6 Å². The fraction of sp³-hybridized carbons (Fsp3) is 0.360. The molecule has 0 aliphatic carbocycles. The highest BCUT2D eigenvalue weighted by atomic mass is 19.1. The van der Waals surface area contributed by atoms with Crippen molar-refractivity contribution < 1.29 is 18.4 Å². The lowest BCUT2D eigenvalue weighted by Gasteiger charge is -2.34. The molecule has 0 unspecified atom stereocenters. The van der Waals surface area contributed by atoms with E-state index in [4.69, 9.17) is 9.26 Å². The second-order valence-electron chi connectivity index (χ2n) is 8.38. The molecule has 1 fully saturated rings. The van der Waals surface area contributed by atoms with Crippen LogP contribution in [0.15, 0.2) is 47.0 Å². The zero-order chi connectivity index (χ0) is 22.7. The van der Waals surface area contributed by atoms with Crippen LogP contribution < -0.4 is 4.74 Å². The third-order valence-corrected chi connectivity index (χ3v) is 5.72. The maximum absolute atomic E-state index is 13.4. The molecule has 2 aromatic carbocycles. The van der Waals surface area contributed by atoms with Crippen molar-refractivity contribution in [1.82, 2.24) is 15.0 Å². The zero-order valence-electron chi connectivity index (χ0n) is 18.7. The van der Waals surface area contributed by atoms with Crippen LogP contribution in [0.1, 0.15) is 38.5 Å². The van der Waals surface area contributed by atoms with Crippen LogP contribution >= 0.6 is 0 Å². The van der Waals surface area contributed by atoms with Crippen LogP contribution in [0.3, 0.4) is 0 Å². The summed E-state index contributed by atoms with van der Waals surface area (Å²) in [5.41, 5.74) is 4.16. The van der Waals surface area contributed by atoms with Crippen LogP contribution in [-0.2, 0) is 13.2 Å². The highest BCUT2D eigenvalue weighted by Crippen LogP contribution is 2.22. The smallest absolute Gasteiger partial charge is 0.276 e. The first kappa shape index (κ1) is 22.0. The normalized spacial score (nSPS) is 14.6. The van der Waals surface area contributed by atoms with Crippen LogP contribution in [0.4, 0.5) is 4.39 Å². The largest absolute Gasteiger partial charge is 0.489 e. The number of amides is 1. The molecule has 6 nitrogen and oxygen atoms in total. The SMILES string of the molecule is Cc1cc(C)cc(OCc2c(C(=O)N3CCN(Cc4cccc(F)c4)CC3)noc2C)c1. The molecule has 0 spiro atoms. The van der Waals surface area contributed by atoms with Gasteiger partial charge in [0.05, 0.1) is 5.56 Å². The van der Waals surface area contributed by atoms with Crippen LogP contribution in [-0.4, -0.2) is 47.0 Å². The monoisotopic (exact) mass is 437 g/mol. The summed E-state index contributed by atoms with van der Waals surface area (Å²) in [5.74, 6) is 0.967. The minimum Gasteiger partial charge on any atom is -0.489 e. The number of rotatable bonds is 6. The number of piperazine rings is 1. The molecule has 4 rings (SSSR count). The van der Waals surface area contributed by atoms with Crippen LogP contribution in [0.5, 0.6) is 5.75 Å². The van der Waals surface area contributed by atoms with Crippen LogP contribution in [0.25, 0.3) is 0 Å². The minimum atomic E-state index is -0.228. The van der Waals surface area contributed by atoms with Crippen molar-refractivity contribution >= 4 is 5.91 Å². The molecular weight excluding hydrogens is 409 g/mol. The van der Waals surface area contributed by atoms with Crippen molar-refractivity contribution in [1.29, 1.82) is 0 Å². The fourth-order valence-corrected chi connectivity index (χ4v) is 4.05. The number of nitrogens with zero attached hydrogens (tertiary/aromatic N) is 3. The van der Waals surface area contributed by atoms with E-state index in [1.54, 1.807) is 24.0 Å². The Morgan fingerprint density at radius 3 is 2.47 bits per heavy atom. The molecule has 0 saturated carbocycles. The summed E-state index contributed by atoms with van der Waals surface area (Å²) in [6, 6.07) is 12.7. The van der Waals surface area contributed by atoms with Crippen molar-refractivity contribution in [3.05, 3.63) is 82.0 Å². The number of hydrogen-bond acceptors (Lipinski definition) is 5. The lowest BCUT2D eigenvalue weighted by Crippen LogP contribution is -2.48. The Kier molecular flexibility index (Phi) is 6.55. The van der Waals surface area contributed by atoms with Gasteiger partial charge in [0.1, 0.15) is 23.9 Å². The minimum absolute atomic E-state index is 0.147. The molecular formula is C25H28FN3O3. The summed E-state index contributed by atoms with van der Waals surface area (Å²) < 4.78 is 24.7. The van der Waals surface area contributed by atoms with E-state index in [2.05, 4.69) is 16.1 Å². The number of ether oxygens (including phenoxy) is 1. The lowest BCUT2D eigenvalue weighted by atomic mass is 10.1. The summed E-state index contributed by atoms with van der Waals surface area (Å²) in [4.78, 5) is 17.2. The Balaban J connectivity index is 1.38. The molecule has 3 aromatic rings. The van der Waals surface area contributed by atoms with Crippen molar-refractivity contribution in [2.45, 2.75) is 33.9 Å². The summed E-state index contributed by atoms with van der Waals surface area (Å²) in [6.07, 6.45) is 0. The Morgan fingerprint density at radius 1 is 1.06 bits per heavy atom. The van der Waals surface area contributed by atoms with Gasteiger partial charge in [0.25, 0.3) is 5.91 Å². The molecule has 1 saturated heterocycles. The maximum Gasteiger partial charge on any atom is 0.276 e. The number of benzene rings is 2. The number of carbonyl (C=O) groups excluding carboxylic acids is 1. The third-order valence-electron chi connectivity index (χ3n) is 5.72. The highest BCUT2D eigenvalue weighted by molar-refractivity contribution is 5.93. The fourth-order valence-electron chi connectivity index (χ4n) is 4.05. The summed E-state index contributed by atoms with van der Waals surface area (Å²) in [7, 11) is 0. The molecule has 2 heterocycles. The molecule has 1 aliphatic heterocycles. The van der Waals surface area contributed by atoms with Crippen molar-refractivity contribution in [3.8, 4) is 5.75 Å². The molecule has 168 valence electrons. The van der Waals surface area contributed by atoms with E-state index in [0.29, 0.717) is 49.7 Å². The average molecular weight is 438 g/mol. The summed E-state index contributed by atoms with van der Waals surface area (Å²) in [6.45, 7) is 9.31. The zero-order valence-corrected chi connectivity index (χ0v) is 18.7. The number of carbonyl (C=O) groups is 1. The van der Waals surface area contributed by atoms with Gasteiger partial charge in [0.15, 0.2) is 5.69 Å². The second-order valence-corrected chi connectivity index (χ2v) is 8.38. The number of aryl methyl sites for hydroxylation is 3. The molecule has 1 amide bonds. The van der Waals surface area contributed by atoms with Gasteiger partial charge < -0.3 is 14.2 Å². The van der Waals surface area contributed by atoms with E-state index in [-0.39, 0.29) is 18.3 Å². The van der Waals surface area contributed by atoms with E-state index in [9.17, 15) is 9.18 Å². The standard InChI is InChI=1S/C25H28FN3O3/c1-17-11-18(2)13-22(12-17)31-16-23-19(3)32-27-24(23)25(30)29-9-7-28(8-10-29)15-20-5-4-6-21(26)14-20/h4-6,11-14H,7-10,15-16H2,1-3H3. The van der Waals surface area contributed by atoms with E-state index >= 15 is 0 Å². The van der Waals surface area contributed by atoms with Crippen LogP contribution in [0.2, 0.25) is 0 Å². The van der Waals surface area contributed by atoms with Gasteiger partial charge in [-0.15, -0.1) is 0 Å². The Labute approximate surface area is 187 Å². The first-order chi connectivity index (χ1) is 15.4. The van der Waals surface area contributed by atoms with Gasteiger partial charge >= 0.3 is 0 Å². The predicted molar refractivity (Wildman–Crippen MR) is 119 cm³/mol. The van der Waals surface area contributed by atoms with Gasteiger partial charge in [-0.05, 0) is 61.7 Å². The van der Waals surface area contributed by atoms with Crippen molar-refractivity contribution in [2.24, 2.45) is 0 Å². The van der Waals surface area contributed by atoms with E-state index in [1.807, 2.05) is 32.0 Å². The number of halogens is 1. The first-order valence-electron chi connectivity index (χ1n) is 10.8. The molecule has 7 heteroatoms. The molecule has 1 aromatic heterocycles. The predicted octanol–water partition coefficient (Wildman–Crippen LogP) is 4.28. The Morgan fingerprint density at radius 2 is 1.78 bits per heavy atom. The van der Waals surface area contributed by atoms with E-state index < -0.39 is 0 Å². The maximum atomic E-state index is 13.4. The topological polar surface area (TPSA) is 58.8 Å². The molecule has 0 N–H and O–H groups in total. The third kappa shape index (κ3) is 5.16. The lowest BCUT2D eigenvalue weighted by molar-refractivity contribution is 0.0616. The van der Waals surface area contributed by atoms with Gasteiger partial charge in [-0.1, -0.05) is 23.4 Å². The van der Waals surface area contributed by atoms with E-state index in [0.717, 1.165) is 22.4 Å². The number of hydrogen-bond donors (Lipinski definition) is 0. The molecule has 0 radical (unpaired) electrons. The van der Waals surface area contributed by atoms with Crippen molar-refractivity contribution in [3.63, 3.8) is 0 Å². The molecule has 1 aliphatic rings. The first-order valence-corrected chi connectivity index (χ1v) is 10.8. The Bertz CT molecular complexity index is 1080. The molecule has 32 heavy (non-hydrogen) atoms. The van der Waals surface area contributed by atoms with Gasteiger partial charge in [-0.2, -0.15) is 0 Å². The Hall–Kier alpha value is -3.19. The van der Waals surface area contributed by atoms with Gasteiger partial charge in [-0.25, -0.2) is 4.39 Å². The molecule has 0 bridgehead atoms. The van der Waals surface area contributed by atoms with E-state index in [1.165, 1.54) is 6.07 Å². The quantitative estimate of drug-likeness (QED) is 0.576.